The molecule has 1 saturated heterocycles. The van der Waals surface area contributed by atoms with Gasteiger partial charge in [0, 0.05) is 31.7 Å². The molecule has 1 atom stereocenters. The molecular weight excluding hydrogens is 196 g/mol. The van der Waals surface area contributed by atoms with Crippen LogP contribution in [0.4, 0.5) is 0 Å². The van der Waals surface area contributed by atoms with Crippen molar-refractivity contribution in [2.45, 2.75) is 51.0 Å². The van der Waals surface area contributed by atoms with E-state index in [4.69, 9.17) is 0 Å². The maximum absolute atomic E-state index is 3.61. The van der Waals surface area contributed by atoms with Crippen molar-refractivity contribution < 1.29 is 0 Å². The quantitative estimate of drug-likeness (QED) is 0.788. The van der Waals surface area contributed by atoms with E-state index in [9.17, 15) is 0 Å². The first-order chi connectivity index (χ1) is 7.79. The van der Waals surface area contributed by atoms with Crippen LogP contribution in [0.5, 0.6) is 0 Å². The van der Waals surface area contributed by atoms with Crippen LogP contribution in [-0.4, -0.2) is 36.6 Å². The second-order valence-electron chi connectivity index (χ2n) is 6.40. The molecule has 3 fully saturated rings. The van der Waals surface area contributed by atoms with Gasteiger partial charge in [-0.1, -0.05) is 12.8 Å². The van der Waals surface area contributed by atoms with Crippen LogP contribution in [-0.2, 0) is 0 Å². The highest BCUT2D eigenvalue weighted by Gasteiger charge is 2.46. The summed E-state index contributed by atoms with van der Waals surface area (Å²) in [5.41, 5.74) is 0.487. The Morgan fingerprint density at radius 3 is 2.62 bits per heavy atom. The first-order valence-corrected chi connectivity index (χ1v) is 7.25. The van der Waals surface area contributed by atoms with Gasteiger partial charge in [-0.25, -0.2) is 0 Å². The van der Waals surface area contributed by atoms with Crippen molar-refractivity contribution in [1.82, 2.24) is 10.2 Å². The Labute approximate surface area is 99.8 Å². The summed E-state index contributed by atoms with van der Waals surface area (Å²) in [7, 11) is 0. The molecular formula is C14H26N2. The number of piperazine rings is 1. The Morgan fingerprint density at radius 1 is 1.19 bits per heavy atom. The van der Waals surface area contributed by atoms with Crippen LogP contribution in [0.2, 0.25) is 0 Å². The highest BCUT2D eigenvalue weighted by atomic mass is 15.3. The normalized spacial score (nSPS) is 38.1. The number of rotatable bonds is 3. The van der Waals surface area contributed by atoms with Gasteiger partial charge in [-0.15, -0.1) is 0 Å². The predicted molar refractivity (Wildman–Crippen MR) is 67.5 cm³/mol. The van der Waals surface area contributed by atoms with E-state index in [-0.39, 0.29) is 0 Å². The summed E-state index contributed by atoms with van der Waals surface area (Å²) < 4.78 is 0. The Balaban J connectivity index is 1.65. The lowest BCUT2D eigenvalue weighted by Gasteiger charge is -2.47. The topological polar surface area (TPSA) is 15.3 Å². The first-order valence-electron chi connectivity index (χ1n) is 7.25. The molecule has 2 nitrogen and oxygen atoms in total. The minimum Gasteiger partial charge on any atom is -0.314 e. The van der Waals surface area contributed by atoms with Crippen LogP contribution < -0.4 is 5.32 Å². The predicted octanol–water partition coefficient (Wildman–Crippen LogP) is 2.25. The Kier molecular flexibility index (Phi) is 2.97. The molecule has 2 saturated carbocycles. The Bertz CT molecular complexity index is 243. The number of hydrogen-bond acceptors (Lipinski definition) is 2. The second kappa shape index (κ2) is 4.30. The van der Waals surface area contributed by atoms with Crippen molar-refractivity contribution in [3.63, 3.8) is 0 Å². The molecule has 1 N–H and O–H groups in total. The van der Waals surface area contributed by atoms with Gasteiger partial charge in [0.1, 0.15) is 0 Å². The Morgan fingerprint density at radius 2 is 1.94 bits per heavy atom. The van der Waals surface area contributed by atoms with Crippen molar-refractivity contribution >= 4 is 0 Å². The van der Waals surface area contributed by atoms with Crippen LogP contribution in [0.1, 0.15) is 45.4 Å². The monoisotopic (exact) mass is 222 g/mol. The molecule has 0 aromatic rings. The van der Waals surface area contributed by atoms with Crippen molar-refractivity contribution in [2.75, 3.05) is 26.2 Å². The number of nitrogens with zero attached hydrogens (tertiary/aromatic N) is 1. The van der Waals surface area contributed by atoms with E-state index < -0.39 is 0 Å². The van der Waals surface area contributed by atoms with E-state index >= 15 is 0 Å². The van der Waals surface area contributed by atoms with Gasteiger partial charge >= 0.3 is 0 Å². The minimum atomic E-state index is 0.487. The summed E-state index contributed by atoms with van der Waals surface area (Å²) in [4.78, 5) is 2.83. The highest BCUT2D eigenvalue weighted by Crippen LogP contribution is 2.44. The third-order valence-electron chi connectivity index (χ3n) is 5.17. The lowest BCUT2D eigenvalue weighted by molar-refractivity contribution is 0.0418. The van der Waals surface area contributed by atoms with Gasteiger partial charge in [0.25, 0.3) is 0 Å². The number of hydrogen-bond donors (Lipinski definition) is 1. The average molecular weight is 222 g/mol. The van der Waals surface area contributed by atoms with Crippen molar-refractivity contribution in [1.29, 1.82) is 0 Å². The van der Waals surface area contributed by atoms with Crippen LogP contribution in [0.15, 0.2) is 0 Å². The van der Waals surface area contributed by atoms with Crippen molar-refractivity contribution in [3.8, 4) is 0 Å². The van der Waals surface area contributed by atoms with Crippen LogP contribution in [0.3, 0.4) is 0 Å². The van der Waals surface area contributed by atoms with E-state index in [1.807, 2.05) is 0 Å². The molecule has 0 radical (unpaired) electrons. The van der Waals surface area contributed by atoms with Crippen LogP contribution >= 0.6 is 0 Å². The molecule has 1 aliphatic heterocycles. The summed E-state index contributed by atoms with van der Waals surface area (Å²) in [6.07, 6.45) is 8.89. The third kappa shape index (κ3) is 2.02. The Hall–Kier alpha value is -0.0800. The van der Waals surface area contributed by atoms with Gasteiger partial charge in [-0.05, 0) is 44.4 Å². The molecule has 3 rings (SSSR count). The van der Waals surface area contributed by atoms with E-state index in [0.29, 0.717) is 5.54 Å². The van der Waals surface area contributed by atoms with E-state index in [1.165, 1.54) is 64.7 Å². The maximum atomic E-state index is 3.61. The standard InChI is InChI=1S/C14H26N2/c1-14(13-6-7-13)11-15-8-9-16(14)10-12-4-2-3-5-12/h12-13,15H,2-11H2,1H3. The summed E-state index contributed by atoms with van der Waals surface area (Å²) >= 11 is 0. The average Bonchev–Trinajstić information content (AvgIpc) is 3.03. The van der Waals surface area contributed by atoms with Gasteiger partial charge in [0.2, 0.25) is 0 Å². The molecule has 0 amide bonds. The molecule has 0 aromatic heterocycles. The van der Waals surface area contributed by atoms with Crippen molar-refractivity contribution in [2.24, 2.45) is 11.8 Å². The highest BCUT2D eigenvalue weighted by molar-refractivity contribution is 5.03. The van der Waals surface area contributed by atoms with Gasteiger partial charge in [0.05, 0.1) is 0 Å². The molecule has 92 valence electrons. The summed E-state index contributed by atoms with van der Waals surface area (Å²) in [6, 6.07) is 0. The fourth-order valence-electron chi connectivity index (χ4n) is 3.83. The van der Waals surface area contributed by atoms with Gasteiger partial charge in [-0.3, -0.25) is 4.90 Å². The minimum absolute atomic E-state index is 0.487. The zero-order valence-electron chi connectivity index (χ0n) is 10.7. The van der Waals surface area contributed by atoms with Gasteiger partial charge in [-0.2, -0.15) is 0 Å². The summed E-state index contributed by atoms with van der Waals surface area (Å²) in [5, 5.41) is 3.61. The molecule has 16 heavy (non-hydrogen) atoms. The fraction of sp³-hybridized carbons (Fsp3) is 1.00. The van der Waals surface area contributed by atoms with Gasteiger partial charge in [0.15, 0.2) is 0 Å². The zero-order valence-corrected chi connectivity index (χ0v) is 10.7. The largest absolute Gasteiger partial charge is 0.314 e. The molecule has 0 spiro atoms. The van der Waals surface area contributed by atoms with Gasteiger partial charge < -0.3 is 5.32 Å². The van der Waals surface area contributed by atoms with E-state index in [0.717, 1.165) is 11.8 Å². The molecule has 0 aromatic carbocycles. The fourth-order valence-corrected chi connectivity index (χ4v) is 3.83. The van der Waals surface area contributed by atoms with Crippen molar-refractivity contribution in [3.05, 3.63) is 0 Å². The van der Waals surface area contributed by atoms with Crippen LogP contribution in [0, 0.1) is 11.8 Å². The SMILES string of the molecule is CC1(C2CC2)CNCCN1CC1CCCC1. The lowest BCUT2D eigenvalue weighted by atomic mass is 9.89. The number of nitrogens with one attached hydrogen (secondary N) is 1. The molecule has 3 aliphatic rings. The zero-order chi connectivity index (χ0) is 11.0. The summed E-state index contributed by atoms with van der Waals surface area (Å²) in [6.45, 7) is 7.60. The maximum Gasteiger partial charge on any atom is 0.0334 e. The lowest BCUT2D eigenvalue weighted by Crippen LogP contribution is -2.61. The smallest absolute Gasteiger partial charge is 0.0334 e. The van der Waals surface area contributed by atoms with E-state index in [1.54, 1.807) is 0 Å². The molecule has 2 heteroatoms. The molecule has 0 bridgehead atoms. The first kappa shape index (κ1) is 11.0. The third-order valence-corrected chi connectivity index (χ3v) is 5.17. The molecule has 1 unspecified atom stereocenters. The summed E-state index contributed by atoms with van der Waals surface area (Å²) in [5.74, 6) is 2.00. The molecule has 1 heterocycles. The van der Waals surface area contributed by atoms with Crippen LogP contribution in [0.25, 0.3) is 0 Å². The van der Waals surface area contributed by atoms with E-state index in [2.05, 4.69) is 17.1 Å². The second-order valence-corrected chi connectivity index (χ2v) is 6.40. The molecule has 2 aliphatic carbocycles.